The van der Waals surface area contributed by atoms with Crippen LogP contribution in [0.1, 0.15) is 0 Å². The summed E-state index contributed by atoms with van der Waals surface area (Å²) in [4.78, 5) is 16.9. The molecule has 6 nitrogen and oxygen atoms in total. The molecule has 6 rings (SSSR count). The van der Waals surface area contributed by atoms with Gasteiger partial charge in [-0.15, -0.1) is 0 Å². The SMILES string of the molecule is [c]1ccc(-n2c(-c3ccccn3)nc3ccc(-c4cccc(N5CCOCC5)c4)nc32)cc1. The predicted octanol–water partition coefficient (Wildman–Crippen LogP) is 4.79. The van der Waals surface area contributed by atoms with Gasteiger partial charge in [0.2, 0.25) is 0 Å². The molecule has 33 heavy (non-hydrogen) atoms. The first-order chi connectivity index (χ1) is 16.4. The monoisotopic (exact) mass is 432 g/mol. The number of hydrogen-bond donors (Lipinski definition) is 0. The van der Waals surface area contributed by atoms with Gasteiger partial charge in [-0.2, -0.15) is 0 Å². The molecular weight excluding hydrogens is 410 g/mol. The molecule has 0 atom stereocenters. The van der Waals surface area contributed by atoms with Crippen LogP contribution in [0.25, 0.3) is 39.6 Å². The van der Waals surface area contributed by atoms with E-state index in [2.05, 4.69) is 44.8 Å². The van der Waals surface area contributed by atoms with Crippen molar-refractivity contribution < 1.29 is 4.74 Å². The average molecular weight is 433 g/mol. The van der Waals surface area contributed by atoms with Gasteiger partial charge < -0.3 is 9.64 Å². The van der Waals surface area contributed by atoms with E-state index in [-0.39, 0.29) is 0 Å². The summed E-state index contributed by atoms with van der Waals surface area (Å²) in [6, 6.07) is 29.4. The fourth-order valence-electron chi connectivity index (χ4n) is 4.24. The number of pyridine rings is 2. The molecule has 0 saturated carbocycles. The van der Waals surface area contributed by atoms with Crippen LogP contribution in [0.2, 0.25) is 0 Å². The number of hydrogen-bond acceptors (Lipinski definition) is 5. The zero-order chi connectivity index (χ0) is 22.0. The number of aromatic nitrogens is 4. The summed E-state index contributed by atoms with van der Waals surface area (Å²) in [7, 11) is 0. The van der Waals surface area contributed by atoms with Gasteiger partial charge >= 0.3 is 0 Å². The van der Waals surface area contributed by atoms with Gasteiger partial charge in [0.05, 0.1) is 18.9 Å². The third-order valence-electron chi connectivity index (χ3n) is 5.88. The number of morpholine rings is 1. The highest BCUT2D eigenvalue weighted by atomic mass is 16.5. The Morgan fingerprint density at radius 3 is 2.48 bits per heavy atom. The molecule has 2 aromatic carbocycles. The highest BCUT2D eigenvalue weighted by Crippen LogP contribution is 2.30. The lowest BCUT2D eigenvalue weighted by atomic mass is 10.1. The Morgan fingerprint density at radius 2 is 1.67 bits per heavy atom. The van der Waals surface area contributed by atoms with Gasteiger partial charge in [0.15, 0.2) is 11.5 Å². The van der Waals surface area contributed by atoms with E-state index in [0.29, 0.717) is 0 Å². The second-order valence-corrected chi connectivity index (χ2v) is 7.93. The van der Waals surface area contributed by atoms with Gasteiger partial charge in [-0.25, -0.2) is 9.97 Å². The van der Waals surface area contributed by atoms with Crippen LogP contribution in [0, 0.1) is 6.07 Å². The van der Waals surface area contributed by atoms with E-state index in [9.17, 15) is 0 Å². The standard InChI is InChI=1S/C27H22N5O/c1-2-8-21(9-3-1)32-26(24-11-4-5-14-28-24)30-25-13-12-23(29-27(25)32)20-7-6-10-22(19-20)31-15-17-33-18-16-31/h2-14,19H,15-18H2. The molecular formula is C27H22N5O. The second kappa shape index (κ2) is 8.48. The maximum Gasteiger partial charge on any atom is 0.165 e. The lowest BCUT2D eigenvalue weighted by molar-refractivity contribution is 0.122. The molecule has 0 amide bonds. The van der Waals surface area contributed by atoms with Crippen molar-refractivity contribution in [1.82, 2.24) is 19.5 Å². The minimum Gasteiger partial charge on any atom is -0.378 e. The summed E-state index contributed by atoms with van der Waals surface area (Å²) in [6.07, 6.45) is 1.79. The van der Waals surface area contributed by atoms with E-state index >= 15 is 0 Å². The molecule has 0 bridgehead atoms. The number of fused-ring (bicyclic) bond motifs is 1. The number of nitrogens with zero attached hydrogens (tertiary/aromatic N) is 5. The van der Waals surface area contributed by atoms with Gasteiger partial charge in [-0.3, -0.25) is 9.55 Å². The van der Waals surface area contributed by atoms with Crippen molar-refractivity contribution in [2.45, 2.75) is 0 Å². The first-order valence-corrected chi connectivity index (χ1v) is 11.1. The van der Waals surface area contributed by atoms with Gasteiger partial charge in [-0.1, -0.05) is 30.3 Å². The van der Waals surface area contributed by atoms with E-state index in [1.165, 1.54) is 5.69 Å². The number of rotatable bonds is 4. The van der Waals surface area contributed by atoms with Crippen LogP contribution < -0.4 is 4.90 Å². The molecule has 5 aromatic rings. The molecule has 0 unspecified atom stereocenters. The molecule has 0 spiro atoms. The zero-order valence-corrected chi connectivity index (χ0v) is 18.1. The topological polar surface area (TPSA) is 56.1 Å². The van der Waals surface area contributed by atoms with Crippen LogP contribution in [0.5, 0.6) is 0 Å². The van der Waals surface area contributed by atoms with Gasteiger partial charge in [0.25, 0.3) is 0 Å². The Bertz CT molecular complexity index is 1390. The predicted molar refractivity (Wildman–Crippen MR) is 129 cm³/mol. The Kier molecular flexibility index (Phi) is 5.05. The fraction of sp³-hybridized carbons (Fsp3) is 0.148. The molecule has 0 aliphatic carbocycles. The molecule has 4 heterocycles. The summed E-state index contributed by atoms with van der Waals surface area (Å²) >= 11 is 0. The minimum atomic E-state index is 0.762. The van der Waals surface area contributed by atoms with Crippen LogP contribution in [-0.4, -0.2) is 45.8 Å². The van der Waals surface area contributed by atoms with E-state index in [1.807, 2.05) is 54.6 Å². The van der Waals surface area contributed by atoms with E-state index < -0.39 is 0 Å². The average Bonchev–Trinajstić information content (AvgIpc) is 3.29. The Morgan fingerprint density at radius 1 is 0.788 bits per heavy atom. The van der Waals surface area contributed by atoms with Crippen LogP contribution in [-0.2, 0) is 4.74 Å². The molecule has 1 radical (unpaired) electrons. The fourth-order valence-corrected chi connectivity index (χ4v) is 4.24. The second-order valence-electron chi connectivity index (χ2n) is 7.93. The lowest BCUT2D eigenvalue weighted by Gasteiger charge is -2.29. The molecule has 6 heteroatoms. The third-order valence-corrected chi connectivity index (χ3v) is 5.88. The van der Waals surface area contributed by atoms with Crippen molar-refractivity contribution in [2.24, 2.45) is 0 Å². The van der Waals surface area contributed by atoms with E-state index in [0.717, 1.165) is 65.9 Å². The molecule has 0 N–H and O–H groups in total. The highest BCUT2D eigenvalue weighted by molar-refractivity contribution is 5.82. The maximum absolute atomic E-state index is 5.51. The van der Waals surface area contributed by atoms with Crippen LogP contribution in [0.3, 0.4) is 0 Å². The van der Waals surface area contributed by atoms with Crippen LogP contribution in [0.15, 0.2) is 85.1 Å². The molecule has 1 aliphatic heterocycles. The number of benzene rings is 2. The number of imidazole rings is 1. The summed E-state index contributed by atoms with van der Waals surface area (Å²) in [5.74, 6) is 0.767. The molecule has 3 aromatic heterocycles. The summed E-state index contributed by atoms with van der Waals surface area (Å²) in [5.41, 5.74) is 6.60. The Labute approximate surface area is 192 Å². The minimum absolute atomic E-state index is 0.762. The smallest absolute Gasteiger partial charge is 0.165 e. The first-order valence-electron chi connectivity index (χ1n) is 11.1. The Balaban J connectivity index is 1.50. The summed E-state index contributed by atoms with van der Waals surface area (Å²) < 4.78 is 7.58. The van der Waals surface area contributed by atoms with Crippen LogP contribution in [0.4, 0.5) is 5.69 Å². The summed E-state index contributed by atoms with van der Waals surface area (Å²) in [5, 5.41) is 0. The first kappa shape index (κ1) is 19.6. The van der Waals surface area contributed by atoms with Crippen molar-refractivity contribution in [3.8, 4) is 28.5 Å². The van der Waals surface area contributed by atoms with Crippen molar-refractivity contribution in [1.29, 1.82) is 0 Å². The third kappa shape index (κ3) is 3.75. The maximum atomic E-state index is 5.51. The highest BCUT2D eigenvalue weighted by Gasteiger charge is 2.18. The van der Waals surface area contributed by atoms with Crippen molar-refractivity contribution in [2.75, 3.05) is 31.2 Å². The largest absolute Gasteiger partial charge is 0.378 e. The molecule has 1 aliphatic rings. The van der Waals surface area contributed by atoms with E-state index in [4.69, 9.17) is 14.7 Å². The normalized spacial score (nSPS) is 14.0. The van der Waals surface area contributed by atoms with Crippen molar-refractivity contribution in [3.05, 3.63) is 91.1 Å². The van der Waals surface area contributed by atoms with Gasteiger partial charge in [0, 0.05) is 36.2 Å². The molecule has 161 valence electrons. The Hall–Kier alpha value is -4.03. The zero-order valence-electron chi connectivity index (χ0n) is 18.1. The van der Waals surface area contributed by atoms with Crippen molar-refractivity contribution in [3.63, 3.8) is 0 Å². The van der Waals surface area contributed by atoms with Crippen LogP contribution >= 0.6 is 0 Å². The van der Waals surface area contributed by atoms with Gasteiger partial charge in [-0.05, 0) is 54.6 Å². The van der Waals surface area contributed by atoms with Gasteiger partial charge in [0.1, 0.15) is 11.2 Å². The van der Waals surface area contributed by atoms with Crippen molar-refractivity contribution >= 4 is 16.9 Å². The quantitative estimate of drug-likeness (QED) is 0.409. The number of anilines is 1. The number of ether oxygens (including phenoxy) is 1. The lowest BCUT2D eigenvalue weighted by Crippen LogP contribution is -2.36. The molecule has 1 saturated heterocycles. The summed E-state index contributed by atoms with van der Waals surface area (Å²) in [6.45, 7) is 3.33. The van der Waals surface area contributed by atoms with E-state index in [1.54, 1.807) is 6.20 Å². The molecule has 1 fully saturated rings.